The molecule has 0 aliphatic carbocycles. The number of fused-ring (bicyclic) bond motifs is 3. The van der Waals surface area contributed by atoms with E-state index in [1.807, 2.05) is 0 Å². The molecule has 0 atom stereocenters. The van der Waals surface area contributed by atoms with Crippen LogP contribution in [0.1, 0.15) is 0 Å². The summed E-state index contributed by atoms with van der Waals surface area (Å²) in [4.78, 5) is 22.1. The lowest BCUT2D eigenvalue weighted by Crippen LogP contribution is -2.00. The SMILES string of the molecule is O=c1oc2ccc([N+](=O)[O-])cc2c2ccc(Cl)cc12. The van der Waals surface area contributed by atoms with E-state index >= 15 is 0 Å². The molecule has 1 aromatic heterocycles. The van der Waals surface area contributed by atoms with Gasteiger partial charge < -0.3 is 4.42 Å². The smallest absolute Gasteiger partial charge is 0.344 e. The molecule has 0 fully saturated rings. The molecule has 0 aliphatic rings. The van der Waals surface area contributed by atoms with E-state index in [9.17, 15) is 14.9 Å². The van der Waals surface area contributed by atoms with Gasteiger partial charge >= 0.3 is 5.63 Å². The van der Waals surface area contributed by atoms with Crippen molar-refractivity contribution in [1.29, 1.82) is 0 Å². The highest BCUT2D eigenvalue weighted by Crippen LogP contribution is 2.27. The van der Waals surface area contributed by atoms with Crippen molar-refractivity contribution in [2.45, 2.75) is 0 Å². The van der Waals surface area contributed by atoms with Crippen LogP contribution in [0.5, 0.6) is 0 Å². The minimum absolute atomic E-state index is 0.0578. The first-order chi connectivity index (χ1) is 9.06. The second-order valence-electron chi connectivity index (χ2n) is 4.02. The summed E-state index contributed by atoms with van der Waals surface area (Å²) in [6.07, 6.45) is 0. The van der Waals surface area contributed by atoms with Crippen LogP contribution in [0.25, 0.3) is 21.7 Å². The zero-order chi connectivity index (χ0) is 13.6. The lowest BCUT2D eigenvalue weighted by atomic mass is 10.1. The summed E-state index contributed by atoms with van der Waals surface area (Å²) in [6.45, 7) is 0. The van der Waals surface area contributed by atoms with E-state index in [-0.39, 0.29) is 5.69 Å². The van der Waals surface area contributed by atoms with Gasteiger partial charge in [-0.05, 0) is 18.2 Å². The maximum Gasteiger partial charge on any atom is 0.344 e. The molecule has 19 heavy (non-hydrogen) atoms. The number of non-ortho nitro benzene ring substituents is 1. The standard InChI is InChI=1S/C13H6ClNO4/c14-7-1-3-9-10-6-8(15(17)18)2-4-12(10)19-13(16)11(9)5-7/h1-6H. The molecule has 0 amide bonds. The lowest BCUT2D eigenvalue weighted by molar-refractivity contribution is -0.384. The van der Waals surface area contributed by atoms with Crippen molar-refractivity contribution in [2.24, 2.45) is 0 Å². The van der Waals surface area contributed by atoms with Crippen LogP contribution >= 0.6 is 11.6 Å². The second-order valence-corrected chi connectivity index (χ2v) is 4.45. The average Bonchev–Trinajstić information content (AvgIpc) is 2.38. The van der Waals surface area contributed by atoms with Crippen molar-refractivity contribution in [3.63, 3.8) is 0 Å². The second kappa shape index (κ2) is 4.07. The quantitative estimate of drug-likeness (QED) is 0.295. The molecular weight excluding hydrogens is 270 g/mol. The summed E-state index contributed by atoms with van der Waals surface area (Å²) in [5.74, 6) is 0. The molecule has 0 saturated heterocycles. The predicted molar refractivity (Wildman–Crippen MR) is 71.7 cm³/mol. The Morgan fingerprint density at radius 1 is 1.05 bits per heavy atom. The van der Waals surface area contributed by atoms with Crippen LogP contribution in [0.3, 0.4) is 0 Å². The number of nitrogens with zero attached hydrogens (tertiary/aromatic N) is 1. The summed E-state index contributed by atoms with van der Waals surface area (Å²) >= 11 is 5.83. The zero-order valence-electron chi connectivity index (χ0n) is 9.42. The fourth-order valence-electron chi connectivity index (χ4n) is 2.01. The maximum atomic E-state index is 11.8. The largest absolute Gasteiger partial charge is 0.422 e. The van der Waals surface area contributed by atoms with E-state index < -0.39 is 10.5 Å². The van der Waals surface area contributed by atoms with Crippen LogP contribution in [-0.2, 0) is 0 Å². The number of halogens is 1. The van der Waals surface area contributed by atoms with Crippen molar-refractivity contribution in [1.82, 2.24) is 0 Å². The minimum Gasteiger partial charge on any atom is -0.422 e. The van der Waals surface area contributed by atoms with Crippen LogP contribution < -0.4 is 5.63 Å². The predicted octanol–water partition coefficient (Wildman–Crippen LogP) is 3.51. The molecule has 1 heterocycles. The Hall–Kier alpha value is -2.40. The van der Waals surface area contributed by atoms with Gasteiger partial charge in [-0.25, -0.2) is 4.79 Å². The molecule has 0 aliphatic heterocycles. The Morgan fingerprint density at radius 3 is 2.58 bits per heavy atom. The first-order valence-corrected chi connectivity index (χ1v) is 5.74. The highest BCUT2D eigenvalue weighted by atomic mass is 35.5. The molecule has 0 unspecified atom stereocenters. The summed E-state index contributed by atoms with van der Waals surface area (Å²) in [5, 5.41) is 12.6. The number of hydrogen-bond acceptors (Lipinski definition) is 4. The van der Waals surface area contributed by atoms with E-state index in [4.69, 9.17) is 16.0 Å². The van der Waals surface area contributed by atoms with Crippen molar-refractivity contribution in [3.05, 3.63) is 62.0 Å². The normalized spacial score (nSPS) is 11.0. The number of nitro benzene ring substituents is 1. The Kier molecular flexibility index (Phi) is 2.50. The topological polar surface area (TPSA) is 73.3 Å². The first-order valence-electron chi connectivity index (χ1n) is 5.37. The molecule has 0 bridgehead atoms. The molecule has 3 aromatic rings. The molecule has 0 radical (unpaired) electrons. The summed E-state index contributed by atoms with van der Waals surface area (Å²) < 4.78 is 5.13. The van der Waals surface area contributed by atoms with Gasteiger partial charge in [0.25, 0.3) is 5.69 Å². The minimum atomic E-state index is -0.515. The first kappa shape index (κ1) is 11.7. The van der Waals surface area contributed by atoms with Crippen LogP contribution in [0.4, 0.5) is 5.69 Å². The third-order valence-corrected chi connectivity index (χ3v) is 3.10. The number of benzene rings is 2. The van der Waals surface area contributed by atoms with E-state index in [1.54, 1.807) is 12.1 Å². The van der Waals surface area contributed by atoms with Crippen molar-refractivity contribution >= 4 is 39.0 Å². The number of hydrogen-bond donors (Lipinski definition) is 0. The van der Waals surface area contributed by atoms with Gasteiger partial charge in [0.15, 0.2) is 0 Å². The third kappa shape index (κ3) is 1.84. The van der Waals surface area contributed by atoms with Crippen LogP contribution in [-0.4, -0.2) is 4.92 Å². The molecule has 3 rings (SSSR count). The Bertz CT molecular complexity index is 885. The fourth-order valence-corrected chi connectivity index (χ4v) is 2.18. The summed E-state index contributed by atoms with van der Waals surface area (Å²) in [6, 6.07) is 8.87. The van der Waals surface area contributed by atoms with Gasteiger partial charge in [-0.1, -0.05) is 17.7 Å². The van der Waals surface area contributed by atoms with Crippen molar-refractivity contribution in [2.75, 3.05) is 0 Å². The van der Waals surface area contributed by atoms with E-state index in [0.29, 0.717) is 26.8 Å². The zero-order valence-corrected chi connectivity index (χ0v) is 10.2. The van der Waals surface area contributed by atoms with Crippen molar-refractivity contribution in [3.8, 4) is 0 Å². The van der Waals surface area contributed by atoms with E-state index in [1.165, 1.54) is 24.3 Å². The Morgan fingerprint density at radius 2 is 1.84 bits per heavy atom. The fraction of sp³-hybridized carbons (Fsp3) is 0. The molecule has 0 saturated carbocycles. The summed E-state index contributed by atoms with van der Waals surface area (Å²) in [5.41, 5.74) is -0.262. The average molecular weight is 276 g/mol. The van der Waals surface area contributed by atoms with Crippen molar-refractivity contribution < 1.29 is 9.34 Å². The van der Waals surface area contributed by atoms with Crippen LogP contribution in [0.2, 0.25) is 5.02 Å². The Balaban J connectivity index is 2.52. The molecule has 0 N–H and O–H groups in total. The third-order valence-electron chi connectivity index (χ3n) is 2.87. The monoisotopic (exact) mass is 275 g/mol. The summed E-state index contributed by atoms with van der Waals surface area (Å²) in [7, 11) is 0. The van der Waals surface area contributed by atoms with Crippen LogP contribution in [0, 0.1) is 10.1 Å². The molecular formula is C13H6ClNO4. The highest BCUT2D eigenvalue weighted by Gasteiger charge is 2.12. The molecule has 5 nitrogen and oxygen atoms in total. The van der Waals surface area contributed by atoms with Gasteiger partial charge in [-0.3, -0.25) is 10.1 Å². The number of rotatable bonds is 1. The van der Waals surface area contributed by atoms with Gasteiger partial charge in [0.2, 0.25) is 0 Å². The van der Waals surface area contributed by atoms with Gasteiger partial charge in [0.1, 0.15) is 5.58 Å². The van der Waals surface area contributed by atoms with Gasteiger partial charge in [-0.15, -0.1) is 0 Å². The molecule has 0 spiro atoms. The van der Waals surface area contributed by atoms with Gasteiger partial charge in [0, 0.05) is 27.9 Å². The molecule has 2 aromatic carbocycles. The Labute approximate surface area is 111 Å². The number of nitro groups is 1. The van der Waals surface area contributed by atoms with Gasteiger partial charge in [0.05, 0.1) is 10.3 Å². The molecule has 6 heteroatoms. The van der Waals surface area contributed by atoms with E-state index in [0.717, 1.165) is 0 Å². The van der Waals surface area contributed by atoms with E-state index in [2.05, 4.69) is 0 Å². The van der Waals surface area contributed by atoms with Gasteiger partial charge in [-0.2, -0.15) is 0 Å². The maximum absolute atomic E-state index is 11.8. The lowest BCUT2D eigenvalue weighted by Gasteiger charge is -2.02. The highest BCUT2D eigenvalue weighted by molar-refractivity contribution is 6.31. The van der Waals surface area contributed by atoms with Crippen LogP contribution in [0.15, 0.2) is 45.6 Å². The molecule has 94 valence electrons.